The Morgan fingerprint density at radius 3 is 2.40 bits per heavy atom. The molecule has 0 aliphatic heterocycles. The molecule has 80 valence electrons. The second-order valence-electron chi connectivity index (χ2n) is 3.94. The molecule has 1 aromatic rings. The molecule has 0 aromatic heterocycles. The Morgan fingerprint density at radius 2 is 1.80 bits per heavy atom. The van der Waals surface area contributed by atoms with Gasteiger partial charge in [0.05, 0.1) is 0 Å². The van der Waals surface area contributed by atoms with Crippen molar-refractivity contribution in [3.8, 4) is 0 Å². The summed E-state index contributed by atoms with van der Waals surface area (Å²) in [4.78, 5) is 22.5. The molecule has 0 unspecified atom stereocenters. The van der Waals surface area contributed by atoms with Crippen molar-refractivity contribution in [2.75, 3.05) is 0 Å². The summed E-state index contributed by atoms with van der Waals surface area (Å²) in [5.41, 5.74) is 2.80. The fraction of sp³-hybridized carbons (Fsp3) is 0.385. The normalized spacial score (nSPS) is 10.1. The third kappa shape index (κ3) is 3.31. The minimum Gasteiger partial charge on any atom is -0.300 e. The second kappa shape index (κ2) is 4.87. The first-order valence-electron chi connectivity index (χ1n) is 5.10. The van der Waals surface area contributed by atoms with Crippen molar-refractivity contribution >= 4 is 11.6 Å². The van der Waals surface area contributed by atoms with Crippen LogP contribution in [0.3, 0.4) is 0 Å². The van der Waals surface area contributed by atoms with Crippen LogP contribution in [0.25, 0.3) is 0 Å². The van der Waals surface area contributed by atoms with Gasteiger partial charge in [-0.2, -0.15) is 0 Å². The Hall–Kier alpha value is -1.44. The molecule has 0 heterocycles. The van der Waals surface area contributed by atoms with Gasteiger partial charge in [0.1, 0.15) is 5.78 Å². The van der Waals surface area contributed by atoms with E-state index in [4.69, 9.17) is 0 Å². The molecular formula is C13H16O2. The van der Waals surface area contributed by atoms with E-state index >= 15 is 0 Å². The van der Waals surface area contributed by atoms with E-state index in [-0.39, 0.29) is 11.6 Å². The van der Waals surface area contributed by atoms with E-state index in [1.807, 2.05) is 32.0 Å². The monoisotopic (exact) mass is 204 g/mol. The lowest BCUT2D eigenvalue weighted by Gasteiger charge is -2.05. The SMILES string of the molecule is CC(=O)CCC(=O)c1cc(C)ccc1C. The van der Waals surface area contributed by atoms with Gasteiger partial charge < -0.3 is 4.79 Å². The number of hydrogen-bond acceptors (Lipinski definition) is 2. The van der Waals surface area contributed by atoms with Crippen molar-refractivity contribution in [3.63, 3.8) is 0 Å². The van der Waals surface area contributed by atoms with Gasteiger partial charge in [-0.25, -0.2) is 0 Å². The third-order valence-corrected chi connectivity index (χ3v) is 2.40. The largest absolute Gasteiger partial charge is 0.300 e. The highest BCUT2D eigenvalue weighted by Gasteiger charge is 2.09. The molecule has 0 atom stereocenters. The zero-order valence-electron chi connectivity index (χ0n) is 9.46. The zero-order valence-corrected chi connectivity index (χ0v) is 9.46. The number of carbonyl (C=O) groups is 2. The predicted octanol–water partition coefficient (Wildman–Crippen LogP) is 2.86. The average molecular weight is 204 g/mol. The highest BCUT2D eigenvalue weighted by Crippen LogP contribution is 2.13. The Labute approximate surface area is 90.3 Å². The van der Waals surface area contributed by atoms with Gasteiger partial charge in [-0.05, 0) is 32.4 Å². The summed E-state index contributed by atoms with van der Waals surface area (Å²) >= 11 is 0. The molecular weight excluding hydrogens is 188 g/mol. The Bertz CT molecular complexity index is 392. The fourth-order valence-corrected chi connectivity index (χ4v) is 1.46. The number of hydrogen-bond donors (Lipinski definition) is 0. The van der Waals surface area contributed by atoms with Gasteiger partial charge in [0.2, 0.25) is 0 Å². The van der Waals surface area contributed by atoms with Crippen LogP contribution in [0.4, 0.5) is 0 Å². The van der Waals surface area contributed by atoms with E-state index in [0.717, 1.165) is 16.7 Å². The van der Waals surface area contributed by atoms with Crippen LogP contribution in [0.5, 0.6) is 0 Å². The maximum atomic E-state index is 11.8. The lowest BCUT2D eigenvalue weighted by Crippen LogP contribution is -2.04. The summed E-state index contributed by atoms with van der Waals surface area (Å²) in [6.45, 7) is 5.39. The van der Waals surface area contributed by atoms with Crippen molar-refractivity contribution in [2.24, 2.45) is 0 Å². The third-order valence-electron chi connectivity index (χ3n) is 2.40. The molecule has 0 aliphatic rings. The van der Waals surface area contributed by atoms with Gasteiger partial charge in [0, 0.05) is 18.4 Å². The quantitative estimate of drug-likeness (QED) is 0.707. The molecule has 0 saturated heterocycles. The summed E-state index contributed by atoms with van der Waals surface area (Å²) in [7, 11) is 0. The maximum absolute atomic E-state index is 11.8. The minimum atomic E-state index is 0.0615. The highest BCUT2D eigenvalue weighted by atomic mass is 16.1. The van der Waals surface area contributed by atoms with Crippen LogP contribution in [-0.4, -0.2) is 11.6 Å². The van der Waals surface area contributed by atoms with Crippen LogP contribution < -0.4 is 0 Å². The first kappa shape index (κ1) is 11.6. The Kier molecular flexibility index (Phi) is 3.78. The summed E-state index contributed by atoms with van der Waals surface area (Å²) in [5.74, 6) is 0.125. The minimum absolute atomic E-state index is 0.0615. The highest BCUT2D eigenvalue weighted by molar-refractivity contribution is 5.99. The first-order chi connectivity index (χ1) is 7.00. The summed E-state index contributed by atoms with van der Waals surface area (Å²) in [5, 5.41) is 0. The van der Waals surface area contributed by atoms with Gasteiger partial charge in [-0.1, -0.05) is 17.7 Å². The first-order valence-corrected chi connectivity index (χ1v) is 5.10. The second-order valence-corrected chi connectivity index (χ2v) is 3.94. The van der Waals surface area contributed by atoms with Crippen LogP contribution in [0.2, 0.25) is 0 Å². The van der Waals surface area contributed by atoms with Crippen LogP contribution >= 0.6 is 0 Å². The lowest BCUT2D eigenvalue weighted by atomic mass is 9.99. The van der Waals surface area contributed by atoms with E-state index in [2.05, 4.69) is 0 Å². The average Bonchev–Trinajstić information content (AvgIpc) is 2.18. The van der Waals surface area contributed by atoms with E-state index in [1.54, 1.807) is 0 Å². The Morgan fingerprint density at radius 1 is 1.13 bits per heavy atom. The topological polar surface area (TPSA) is 34.1 Å². The molecule has 0 aliphatic carbocycles. The van der Waals surface area contributed by atoms with Crippen LogP contribution in [0.15, 0.2) is 18.2 Å². The van der Waals surface area contributed by atoms with Crippen molar-refractivity contribution in [2.45, 2.75) is 33.6 Å². The van der Waals surface area contributed by atoms with Gasteiger partial charge in [-0.15, -0.1) is 0 Å². The van der Waals surface area contributed by atoms with Gasteiger partial charge in [-0.3, -0.25) is 4.79 Å². The molecule has 0 bridgehead atoms. The van der Waals surface area contributed by atoms with Crippen LogP contribution in [0.1, 0.15) is 41.3 Å². The number of carbonyl (C=O) groups excluding carboxylic acids is 2. The number of ketones is 2. The Balaban J connectivity index is 2.81. The number of Topliss-reactive ketones (excluding diaryl/α,β-unsaturated/α-hetero) is 2. The van der Waals surface area contributed by atoms with Gasteiger partial charge >= 0.3 is 0 Å². The van der Waals surface area contributed by atoms with Crippen molar-refractivity contribution < 1.29 is 9.59 Å². The molecule has 0 N–H and O–H groups in total. The lowest BCUT2D eigenvalue weighted by molar-refractivity contribution is -0.116. The van der Waals surface area contributed by atoms with Gasteiger partial charge in [0.25, 0.3) is 0 Å². The predicted molar refractivity (Wildman–Crippen MR) is 60.2 cm³/mol. The fourth-order valence-electron chi connectivity index (χ4n) is 1.46. The summed E-state index contributed by atoms with van der Waals surface area (Å²) < 4.78 is 0. The molecule has 0 radical (unpaired) electrons. The van der Waals surface area contributed by atoms with E-state index in [0.29, 0.717) is 12.8 Å². The van der Waals surface area contributed by atoms with Crippen LogP contribution in [0, 0.1) is 13.8 Å². The molecule has 2 nitrogen and oxygen atoms in total. The van der Waals surface area contributed by atoms with Crippen LogP contribution in [-0.2, 0) is 4.79 Å². The maximum Gasteiger partial charge on any atom is 0.163 e. The summed E-state index contributed by atoms with van der Waals surface area (Å²) in [6.07, 6.45) is 0.659. The molecule has 1 aromatic carbocycles. The molecule has 1 rings (SSSR count). The van der Waals surface area contributed by atoms with Crippen molar-refractivity contribution in [1.29, 1.82) is 0 Å². The molecule has 2 heteroatoms. The zero-order chi connectivity index (χ0) is 11.4. The van der Waals surface area contributed by atoms with Crippen molar-refractivity contribution in [1.82, 2.24) is 0 Å². The number of aryl methyl sites for hydroxylation is 2. The molecule has 0 amide bonds. The van der Waals surface area contributed by atoms with E-state index < -0.39 is 0 Å². The number of benzene rings is 1. The van der Waals surface area contributed by atoms with Gasteiger partial charge in [0.15, 0.2) is 5.78 Å². The summed E-state index contributed by atoms with van der Waals surface area (Å²) in [6, 6.07) is 5.81. The standard InChI is InChI=1S/C13H16O2/c1-9-4-5-10(2)12(8-9)13(15)7-6-11(3)14/h4-5,8H,6-7H2,1-3H3. The molecule has 0 spiro atoms. The van der Waals surface area contributed by atoms with E-state index in [9.17, 15) is 9.59 Å². The number of rotatable bonds is 4. The smallest absolute Gasteiger partial charge is 0.163 e. The molecule has 0 fully saturated rings. The van der Waals surface area contributed by atoms with Crippen molar-refractivity contribution in [3.05, 3.63) is 34.9 Å². The van der Waals surface area contributed by atoms with E-state index in [1.165, 1.54) is 6.92 Å². The molecule has 15 heavy (non-hydrogen) atoms. The molecule has 0 saturated carbocycles.